The van der Waals surface area contributed by atoms with E-state index < -0.39 is 8.96 Å². The molecule has 2 aliphatic rings. The first kappa shape index (κ1) is 13.1. The van der Waals surface area contributed by atoms with Crippen LogP contribution in [-0.2, 0) is 0 Å². The first-order chi connectivity index (χ1) is 7.89. The van der Waals surface area contributed by atoms with Gasteiger partial charge in [-0.05, 0) is 45.4 Å². The summed E-state index contributed by atoms with van der Waals surface area (Å²) < 4.78 is 2.85. The monoisotopic (exact) mass is 249 g/mol. The molecule has 0 heterocycles. The third-order valence-electron chi connectivity index (χ3n) is 4.19. The number of allylic oxidation sites excluding steroid dienone is 4. The summed E-state index contributed by atoms with van der Waals surface area (Å²) in [5.74, 6) is 1.62. The molecule has 2 unspecified atom stereocenters. The van der Waals surface area contributed by atoms with E-state index in [1.165, 1.54) is 12.8 Å². The molecule has 0 aromatic carbocycles. The summed E-state index contributed by atoms with van der Waals surface area (Å²) in [6.45, 7) is 12.1. The maximum absolute atomic E-state index is 2.85. The highest BCUT2D eigenvalue weighted by atomic mass is 28.3. The largest absolute Gasteiger partial charge is 0.319 e. The summed E-state index contributed by atoms with van der Waals surface area (Å²) in [6.07, 6.45) is 12.1. The van der Waals surface area contributed by atoms with E-state index in [2.05, 4.69) is 62.7 Å². The van der Waals surface area contributed by atoms with E-state index in [1.807, 2.05) is 0 Å². The quantitative estimate of drug-likeness (QED) is 0.676. The van der Waals surface area contributed by atoms with Crippen molar-refractivity contribution in [3.05, 3.63) is 24.3 Å². The molecule has 2 aliphatic carbocycles. The summed E-state index contributed by atoms with van der Waals surface area (Å²) in [6, 6.07) is 0.809. The van der Waals surface area contributed by atoms with Crippen molar-refractivity contribution in [3.8, 4) is 0 Å². The summed E-state index contributed by atoms with van der Waals surface area (Å²) in [4.78, 5) is 0. The Morgan fingerprint density at radius 2 is 1.47 bits per heavy atom. The van der Waals surface area contributed by atoms with Crippen LogP contribution < -0.4 is 0 Å². The van der Waals surface area contributed by atoms with Crippen LogP contribution >= 0.6 is 0 Å². The summed E-state index contributed by atoms with van der Waals surface area (Å²) in [5.41, 5.74) is 0.339. The van der Waals surface area contributed by atoms with Gasteiger partial charge in [0.25, 0.3) is 0 Å². The Morgan fingerprint density at radius 3 is 1.82 bits per heavy atom. The van der Waals surface area contributed by atoms with Gasteiger partial charge in [-0.25, -0.2) is 0 Å². The minimum absolute atomic E-state index is 0.339. The zero-order valence-corrected chi connectivity index (χ0v) is 13.1. The van der Waals surface area contributed by atoms with E-state index in [4.69, 9.17) is 0 Å². The number of hydrogen-bond acceptors (Lipinski definition) is 1. The van der Waals surface area contributed by atoms with Crippen molar-refractivity contribution in [2.24, 2.45) is 11.8 Å². The van der Waals surface area contributed by atoms with E-state index in [-0.39, 0.29) is 0 Å². The van der Waals surface area contributed by atoms with E-state index in [9.17, 15) is 0 Å². The van der Waals surface area contributed by atoms with Gasteiger partial charge in [0.2, 0.25) is 0 Å². The van der Waals surface area contributed by atoms with Gasteiger partial charge in [0.1, 0.15) is 8.96 Å². The number of nitrogens with zero attached hydrogens (tertiary/aromatic N) is 1. The van der Waals surface area contributed by atoms with Gasteiger partial charge in [0.15, 0.2) is 0 Å². The van der Waals surface area contributed by atoms with Gasteiger partial charge in [-0.3, -0.25) is 0 Å². The molecule has 0 aromatic heterocycles. The second kappa shape index (κ2) is 4.73. The van der Waals surface area contributed by atoms with E-state index in [0.29, 0.717) is 5.54 Å². The van der Waals surface area contributed by atoms with Gasteiger partial charge >= 0.3 is 0 Å². The van der Waals surface area contributed by atoms with Crippen molar-refractivity contribution in [3.63, 3.8) is 0 Å². The Hall–Kier alpha value is -0.343. The van der Waals surface area contributed by atoms with Gasteiger partial charge in [-0.1, -0.05) is 37.4 Å². The number of hydrogen-bond donors (Lipinski definition) is 0. The second-order valence-electron chi connectivity index (χ2n) is 6.89. The second-order valence-corrected chi connectivity index (χ2v) is 9.64. The fraction of sp³-hybridized carbons (Fsp3) is 0.733. The molecule has 1 nitrogen and oxygen atoms in total. The van der Waals surface area contributed by atoms with Gasteiger partial charge in [-0.2, -0.15) is 0 Å². The zero-order chi connectivity index (χ0) is 12.6. The van der Waals surface area contributed by atoms with Gasteiger partial charge in [0, 0.05) is 11.6 Å². The van der Waals surface area contributed by atoms with Crippen molar-refractivity contribution < 1.29 is 0 Å². The summed E-state index contributed by atoms with van der Waals surface area (Å²) >= 11 is 0. The Labute approximate surface area is 108 Å². The zero-order valence-electron chi connectivity index (χ0n) is 12.0. The van der Waals surface area contributed by atoms with Gasteiger partial charge in [-0.15, -0.1) is 0 Å². The number of fused-ring (bicyclic) bond motifs is 1. The molecular formula is C15H27NSi. The highest BCUT2D eigenvalue weighted by Crippen LogP contribution is 2.40. The highest BCUT2D eigenvalue weighted by molar-refractivity contribution is 6.52. The van der Waals surface area contributed by atoms with Crippen molar-refractivity contribution in [2.45, 2.75) is 58.3 Å². The molecule has 0 spiro atoms. The normalized spacial score (nSPS) is 32.5. The maximum atomic E-state index is 2.85. The first-order valence-electron chi connectivity index (χ1n) is 7.03. The first-order valence-corrected chi connectivity index (χ1v) is 9.85. The van der Waals surface area contributed by atoms with Crippen LogP contribution in [0.4, 0.5) is 0 Å². The Morgan fingerprint density at radius 1 is 1.00 bits per heavy atom. The van der Waals surface area contributed by atoms with Crippen molar-refractivity contribution in [1.82, 2.24) is 4.57 Å². The lowest BCUT2D eigenvalue weighted by Gasteiger charge is -2.43. The SMILES string of the molecule is C[SiH](C)N(C1CC2C=CC=CC2C1)C(C)(C)C. The molecule has 0 amide bonds. The molecule has 96 valence electrons. The molecule has 0 N–H and O–H groups in total. The van der Waals surface area contributed by atoms with Crippen molar-refractivity contribution >= 4 is 8.96 Å². The fourth-order valence-corrected chi connectivity index (χ4v) is 6.54. The van der Waals surface area contributed by atoms with E-state index in [1.54, 1.807) is 0 Å². The van der Waals surface area contributed by atoms with Crippen molar-refractivity contribution in [1.29, 1.82) is 0 Å². The Kier molecular flexibility index (Phi) is 3.65. The van der Waals surface area contributed by atoms with E-state index in [0.717, 1.165) is 17.9 Å². The maximum Gasteiger partial charge on any atom is 0.106 e. The molecule has 2 rings (SSSR count). The molecule has 2 atom stereocenters. The summed E-state index contributed by atoms with van der Waals surface area (Å²) in [5, 5.41) is 0. The number of rotatable bonds is 2. The molecule has 1 saturated carbocycles. The average molecular weight is 249 g/mol. The lowest BCUT2D eigenvalue weighted by atomic mass is 9.92. The molecule has 0 aromatic rings. The van der Waals surface area contributed by atoms with Crippen LogP contribution in [0.15, 0.2) is 24.3 Å². The van der Waals surface area contributed by atoms with Crippen LogP contribution in [0.3, 0.4) is 0 Å². The summed E-state index contributed by atoms with van der Waals surface area (Å²) in [7, 11) is -0.735. The molecule has 0 bridgehead atoms. The average Bonchev–Trinajstić information content (AvgIpc) is 2.56. The topological polar surface area (TPSA) is 3.24 Å². The molecule has 1 fully saturated rings. The van der Waals surface area contributed by atoms with Crippen LogP contribution in [-0.4, -0.2) is 25.1 Å². The van der Waals surface area contributed by atoms with Crippen LogP contribution in [0, 0.1) is 11.8 Å². The highest BCUT2D eigenvalue weighted by Gasteiger charge is 2.39. The Balaban J connectivity index is 2.12. The molecule has 0 aliphatic heterocycles. The molecule has 0 saturated heterocycles. The fourth-order valence-electron chi connectivity index (χ4n) is 3.90. The third kappa shape index (κ3) is 2.74. The predicted octanol–water partition coefficient (Wildman–Crippen LogP) is 3.59. The lowest BCUT2D eigenvalue weighted by Crippen LogP contribution is -2.53. The molecule has 0 radical (unpaired) electrons. The minimum Gasteiger partial charge on any atom is -0.319 e. The van der Waals surface area contributed by atoms with E-state index >= 15 is 0 Å². The van der Waals surface area contributed by atoms with Crippen LogP contribution in [0.5, 0.6) is 0 Å². The molecule has 2 heteroatoms. The van der Waals surface area contributed by atoms with Crippen molar-refractivity contribution in [2.75, 3.05) is 0 Å². The smallest absolute Gasteiger partial charge is 0.106 e. The molecule has 17 heavy (non-hydrogen) atoms. The Bertz CT molecular complexity index is 304. The van der Waals surface area contributed by atoms with Crippen LogP contribution in [0.2, 0.25) is 13.1 Å². The van der Waals surface area contributed by atoms with Gasteiger partial charge in [0.05, 0.1) is 0 Å². The standard InChI is InChI=1S/C15H27NSi/c1-15(2,3)16(17(4)5)14-10-12-8-6-7-9-13(12)11-14/h6-9,12-14,17H,10-11H2,1-5H3. The minimum atomic E-state index is -0.735. The van der Waals surface area contributed by atoms with Gasteiger partial charge < -0.3 is 4.57 Å². The molecular weight excluding hydrogens is 222 g/mol. The lowest BCUT2D eigenvalue weighted by molar-refractivity contribution is 0.184. The third-order valence-corrected chi connectivity index (χ3v) is 6.50. The van der Waals surface area contributed by atoms with Crippen LogP contribution in [0.25, 0.3) is 0 Å². The van der Waals surface area contributed by atoms with Crippen LogP contribution in [0.1, 0.15) is 33.6 Å². The predicted molar refractivity (Wildman–Crippen MR) is 78.8 cm³/mol.